The van der Waals surface area contributed by atoms with Gasteiger partial charge in [0.1, 0.15) is 0 Å². The molecule has 0 spiro atoms. The van der Waals surface area contributed by atoms with Crippen LogP contribution in [0.4, 0.5) is 17.3 Å². The predicted octanol–water partition coefficient (Wildman–Crippen LogP) is 5.50. The maximum Gasteiger partial charge on any atom is 0.229 e. The second-order valence-corrected chi connectivity index (χ2v) is 15.3. The highest BCUT2D eigenvalue weighted by molar-refractivity contribution is 5.79. The van der Waals surface area contributed by atoms with Gasteiger partial charge in [0.05, 0.1) is 12.1 Å². The SMILES string of the molecule is CC1(C)C2CCC1(C)C(N(C(=O)Cc1ccnc(Nc3ccc(N4CCN(CCCO)CC4)cc3)n1)C1CC3CCC1C3)C2. The van der Waals surface area contributed by atoms with Crippen molar-refractivity contribution >= 4 is 23.2 Å². The Labute approximate surface area is 263 Å². The summed E-state index contributed by atoms with van der Waals surface area (Å²) in [4.78, 5) is 30.9. The lowest BCUT2D eigenvalue weighted by Gasteiger charge is -2.48. The van der Waals surface area contributed by atoms with Crippen molar-refractivity contribution in [3.8, 4) is 0 Å². The summed E-state index contributed by atoms with van der Waals surface area (Å²) in [5.41, 5.74) is 3.43. The Balaban J connectivity index is 1.02. The lowest BCUT2D eigenvalue weighted by molar-refractivity contribution is -0.141. The van der Waals surface area contributed by atoms with E-state index in [1.807, 2.05) is 6.07 Å². The second-order valence-electron chi connectivity index (χ2n) is 15.3. The number of aliphatic hydroxyl groups excluding tert-OH is 1. The van der Waals surface area contributed by atoms with Crippen LogP contribution in [0.5, 0.6) is 0 Å². The fraction of sp³-hybridized carbons (Fsp3) is 0.694. The second kappa shape index (κ2) is 11.9. The van der Waals surface area contributed by atoms with E-state index in [2.05, 4.69) is 70.0 Å². The van der Waals surface area contributed by atoms with Gasteiger partial charge in [-0.2, -0.15) is 0 Å². The highest BCUT2D eigenvalue weighted by atomic mass is 16.3. The standard InChI is InChI=1S/C36H52N6O2/c1-35(2)27-11-13-36(35,3)32(23-27)42(31-22-25-5-6-26(31)21-25)33(44)24-29-12-14-37-34(39-29)38-28-7-9-30(10-8-28)41-18-16-40(17-19-41)15-4-20-43/h7-10,12,14,25-27,31-32,43H,4-6,11,13,15-24H2,1-3H3,(H,37,38,39). The molecule has 6 atom stereocenters. The van der Waals surface area contributed by atoms with Crippen molar-refractivity contribution in [3.63, 3.8) is 0 Å². The zero-order chi connectivity index (χ0) is 30.5. The van der Waals surface area contributed by atoms with E-state index in [4.69, 9.17) is 10.1 Å². The van der Waals surface area contributed by atoms with Crippen LogP contribution in [0, 0.1) is 28.6 Å². The minimum atomic E-state index is 0.188. The molecule has 1 aromatic heterocycles. The molecule has 44 heavy (non-hydrogen) atoms. The highest BCUT2D eigenvalue weighted by Gasteiger charge is 2.64. The van der Waals surface area contributed by atoms with Gasteiger partial charge in [0.2, 0.25) is 11.9 Å². The van der Waals surface area contributed by atoms with Gasteiger partial charge in [-0.25, -0.2) is 9.97 Å². The van der Waals surface area contributed by atoms with Crippen molar-refractivity contribution in [2.45, 2.75) is 90.6 Å². The first-order chi connectivity index (χ1) is 21.2. The van der Waals surface area contributed by atoms with Gasteiger partial charge in [-0.15, -0.1) is 0 Å². The van der Waals surface area contributed by atoms with Gasteiger partial charge in [-0.1, -0.05) is 27.2 Å². The third kappa shape index (κ3) is 5.40. The van der Waals surface area contributed by atoms with Crippen LogP contribution in [-0.4, -0.2) is 82.2 Å². The van der Waals surface area contributed by atoms with Crippen molar-refractivity contribution in [3.05, 3.63) is 42.2 Å². The third-order valence-corrected chi connectivity index (χ3v) is 13.0. The average Bonchev–Trinajstić information content (AvgIpc) is 3.75. The fourth-order valence-corrected chi connectivity index (χ4v) is 9.93. The molecule has 4 saturated carbocycles. The van der Waals surface area contributed by atoms with Crippen LogP contribution in [0.3, 0.4) is 0 Å². The molecule has 238 valence electrons. The number of aliphatic hydroxyl groups is 1. The number of anilines is 3. The molecule has 1 amide bonds. The van der Waals surface area contributed by atoms with Gasteiger partial charge in [-0.3, -0.25) is 9.69 Å². The summed E-state index contributed by atoms with van der Waals surface area (Å²) in [6.45, 7) is 12.7. The van der Waals surface area contributed by atoms with Crippen LogP contribution in [0.15, 0.2) is 36.5 Å². The smallest absolute Gasteiger partial charge is 0.229 e. The molecule has 8 heteroatoms. The van der Waals surface area contributed by atoms with E-state index < -0.39 is 0 Å². The Hall–Kier alpha value is -2.71. The van der Waals surface area contributed by atoms with Gasteiger partial charge >= 0.3 is 0 Å². The molecule has 2 N–H and O–H groups in total. The maximum atomic E-state index is 14.3. The Kier molecular flexibility index (Phi) is 8.11. The molecule has 5 fully saturated rings. The molecule has 6 unspecified atom stereocenters. The van der Waals surface area contributed by atoms with Gasteiger partial charge in [0.15, 0.2) is 0 Å². The molecule has 1 aliphatic heterocycles. The number of carbonyl (C=O) groups excluding carboxylic acids is 1. The van der Waals surface area contributed by atoms with Crippen molar-refractivity contribution in [2.75, 3.05) is 49.5 Å². The van der Waals surface area contributed by atoms with Crippen molar-refractivity contribution in [1.29, 1.82) is 0 Å². The largest absolute Gasteiger partial charge is 0.396 e. The number of carbonyl (C=O) groups is 1. The molecule has 4 aliphatic carbocycles. The van der Waals surface area contributed by atoms with Crippen molar-refractivity contribution < 1.29 is 9.90 Å². The Bertz CT molecular complexity index is 1320. The normalized spacial score (nSPS) is 32.4. The van der Waals surface area contributed by atoms with Gasteiger partial charge < -0.3 is 20.2 Å². The number of rotatable bonds is 10. The summed E-state index contributed by atoms with van der Waals surface area (Å²) in [7, 11) is 0. The number of nitrogens with one attached hydrogen (secondary N) is 1. The number of nitrogens with zero attached hydrogens (tertiary/aromatic N) is 5. The lowest BCUT2D eigenvalue weighted by atomic mass is 9.68. The zero-order valence-electron chi connectivity index (χ0n) is 27.0. The minimum Gasteiger partial charge on any atom is -0.396 e. The monoisotopic (exact) mass is 600 g/mol. The number of piperazine rings is 1. The van der Waals surface area contributed by atoms with E-state index in [9.17, 15) is 4.79 Å². The van der Waals surface area contributed by atoms with E-state index in [-0.39, 0.29) is 23.3 Å². The number of aromatic nitrogens is 2. The molecule has 2 heterocycles. The molecule has 1 aromatic carbocycles. The van der Waals surface area contributed by atoms with Crippen molar-refractivity contribution in [1.82, 2.24) is 19.8 Å². The summed E-state index contributed by atoms with van der Waals surface area (Å²) >= 11 is 0. The number of amides is 1. The molecule has 5 aliphatic rings. The van der Waals surface area contributed by atoms with E-state index in [1.54, 1.807) is 6.20 Å². The molecule has 7 rings (SSSR count). The maximum absolute atomic E-state index is 14.3. The van der Waals surface area contributed by atoms with Crippen LogP contribution in [0.2, 0.25) is 0 Å². The first kappa shape index (κ1) is 30.0. The first-order valence-electron chi connectivity index (χ1n) is 17.3. The highest BCUT2D eigenvalue weighted by Crippen LogP contribution is 2.67. The van der Waals surface area contributed by atoms with Crippen LogP contribution in [0.25, 0.3) is 0 Å². The van der Waals surface area contributed by atoms with Crippen LogP contribution < -0.4 is 10.2 Å². The topological polar surface area (TPSA) is 84.8 Å². The molecular weight excluding hydrogens is 548 g/mol. The lowest BCUT2D eigenvalue weighted by Crippen LogP contribution is -2.55. The van der Waals surface area contributed by atoms with Gasteiger partial charge in [0, 0.05) is 69.0 Å². The molecule has 4 bridgehead atoms. The van der Waals surface area contributed by atoms with E-state index in [0.717, 1.165) is 62.9 Å². The van der Waals surface area contributed by atoms with Crippen LogP contribution in [-0.2, 0) is 11.2 Å². The first-order valence-corrected chi connectivity index (χ1v) is 17.3. The van der Waals surface area contributed by atoms with E-state index in [0.29, 0.717) is 36.3 Å². The molecule has 2 aromatic rings. The summed E-state index contributed by atoms with van der Waals surface area (Å²) in [6.07, 6.45) is 11.8. The Morgan fingerprint density at radius 1 is 1.02 bits per heavy atom. The molecule has 8 nitrogen and oxygen atoms in total. The number of hydrogen-bond acceptors (Lipinski definition) is 7. The number of benzene rings is 1. The summed E-state index contributed by atoms with van der Waals surface area (Å²) in [5.74, 6) is 3.01. The average molecular weight is 601 g/mol. The molecular formula is C36H52N6O2. The predicted molar refractivity (Wildman–Crippen MR) is 175 cm³/mol. The summed E-state index contributed by atoms with van der Waals surface area (Å²) in [6, 6.07) is 11.1. The molecule has 0 radical (unpaired) electrons. The Morgan fingerprint density at radius 3 is 2.45 bits per heavy atom. The minimum absolute atomic E-state index is 0.188. The number of fused-ring (bicyclic) bond motifs is 4. The van der Waals surface area contributed by atoms with Gasteiger partial charge in [0.25, 0.3) is 0 Å². The third-order valence-electron chi connectivity index (χ3n) is 13.0. The fourth-order valence-electron chi connectivity index (χ4n) is 9.93. The van der Waals surface area contributed by atoms with E-state index >= 15 is 0 Å². The molecule has 1 saturated heterocycles. The van der Waals surface area contributed by atoms with Gasteiger partial charge in [-0.05, 0) is 104 Å². The Morgan fingerprint density at radius 2 is 1.82 bits per heavy atom. The number of hydrogen-bond donors (Lipinski definition) is 2. The summed E-state index contributed by atoms with van der Waals surface area (Å²) < 4.78 is 0. The van der Waals surface area contributed by atoms with Crippen molar-refractivity contribution in [2.24, 2.45) is 28.6 Å². The van der Waals surface area contributed by atoms with E-state index in [1.165, 1.54) is 44.2 Å². The van der Waals surface area contributed by atoms with Crippen LogP contribution >= 0.6 is 0 Å². The summed E-state index contributed by atoms with van der Waals surface area (Å²) in [5, 5.41) is 12.5. The zero-order valence-corrected chi connectivity index (χ0v) is 27.0. The van der Waals surface area contributed by atoms with Crippen LogP contribution in [0.1, 0.15) is 77.8 Å². The quantitative estimate of drug-likeness (QED) is 0.373.